The average Bonchev–Trinajstić information content (AvgIpc) is 2.85. The minimum atomic E-state index is -0.173. The van der Waals surface area contributed by atoms with Crippen molar-refractivity contribution in [3.05, 3.63) is 28.5 Å². The molecule has 0 aromatic carbocycles. The first-order valence-electron chi connectivity index (χ1n) is 4.23. The van der Waals surface area contributed by atoms with Gasteiger partial charge < -0.3 is 4.74 Å². The van der Waals surface area contributed by atoms with Gasteiger partial charge in [-0.3, -0.25) is 9.48 Å². The fourth-order valence-electron chi connectivity index (χ4n) is 1.27. The third kappa shape index (κ3) is 1.63. The predicted octanol–water partition coefficient (Wildman–Crippen LogP) is 1.12. The highest BCUT2D eigenvalue weighted by molar-refractivity contribution is 7.07. The van der Waals surface area contributed by atoms with Gasteiger partial charge in [0, 0.05) is 12.4 Å². The zero-order valence-electron chi connectivity index (χ0n) is 8.30. The molecular formula is C9H9N3O2S. The number of ketones is 1. The minimum Gasteiger partial charge on any atom is -0.493 e. The van der Waals surface area contributed by atoms with Crippen molar-refractivity contribution >= 4 is 17.1 Å². The van der Waals surface area contributed by atoms with Gasteiger partial charge in [0.1, 0.15) is 5.69 Å². The van der Waals surface area contributed by atoms with Gasteiger partial charge in [0.05, 0.1) is 18.8 Å². The predicted molar refractivity (Wildman–Crippen MR) is 55.3 cm³/mol. The summed E-state index contributed by atoms with van der Waals surface area (Å²) in [5, 5.41) is 5.67. The summed E-state index contributed by atoms with van der Waals surface area (Å²) in [7, 11) is 3.21. The maximum absolute atomic E-state index is 12.0. The van der Waals surface area contributed by atoms with Gasteiger partial charge in [-0.25, -0.2) is 4.98 Å². The molecule has 6 heteroatoms. The van der Waals surface area contributed by atoms with Crippen LogP contribution < -0.4 is 4.74 Å². The van der Waals surface area contributed by atoms with Gasteiger partial charge in [-0.05, 0) is 0 Å². The number of aryl methyl sites for hydroxylation is 1. The number of rotatable bonds is 3. The van der Waals surface area contributed by atoms with Gasteiger partial charge in [0.25, 0.3) is 0 Å². The van der Waals surface area contributed by atoms with E-state index in [-0.39, 0.29) is 5.78 Å². The highest BCUT2D eigenvalue weighted by Gasteiger charge is 2.20. The van der Waals surface area contributed by atoms with Crippen molar-refractivity contribution in [2.75, 3.05) is 7.11 Å². The molecule has 0 spiro atoms. The average molecular weight is 223 g/mol. The Morgan fingerprint density at radius 2 is 2.40 bits per heavy atom. The van der Waals surface area contributed by atoms with E-state index in [1.54, 1.807) is 17.9 Å². The Bertz CT molecular complexity index is 476. The lowest BCUT2D eigenvalue weighted by Gasteiger charge is -2.01. The van der Waals surface area contributed by atoms with Crippen LogP contribution in [-0.4, -0.2) is 27.7 Å². The number of nitrogens with zero attached hydrogens (tertiary/aromatic N) is 3. The number of aromatic nitrogens is 3. The molecule has 0 aliphatic carbocycles. The van der Waals surface area contributed by atoms with Gasteiger partial charge >= 0.3 is 0 Å². The summed E-state index contributed by atoms with van der Waals surface area (Å²) in [5.41, 5.74) is 2.46. The van der Waals surface area contributed by atoms with Crippen LogP contribution in [0.5, 0.6) is 5.75 Å². The summed E-state index contributed by atoms with van der Waals surface area (Å²) in [6.07, 6.45) is 1.51. The Morgan fingerprint density at radius 3 is 3.00 bits per heavy atom. The number of thiazole rings is 1. The summed E-state index contributed by atoms with van der Waals surface area (Å²) < 4.78 is 6.54. The fraction of sp³-hybridized carbons (Fsp3) is 0.222. The van der Waals surface area contributed by atoms with Crippen LogP contribution in [0.2, 0.25) is 0 Å². The topological polar surface area (TPSA) is 57.0 Å². The molecule has 0 fully saturated rings. The fourth-order valence-corrected chi connectivity index (χ4v) is 1.80. The summed E-state index contributed by atoms with van der Waals surface area (Å²) in [4.78, 5) is 15.9. The first-order valence-corrected chi connectivity index (χ1v) is 5.17. The van der Waals surface area contributed by atoms with Crippen LogP contribution in [-0.2, 0) is 7.05 Å². The number of ether oxygens (including phenoxy) is 1. The van der Waals surface area contributed by atoms with Crippen molar-refractivity contribution in [2.24, 2.45) is 7.05 Å². The maximum atomic E-state index is 12.0. The quantitative estimate of drug-likeness (QED) is 0.731. The van der Waals surface area contributed by atoms with E-state index in [4.69, 9.17) is 4.74 Å². The number of methoxy groups -OCH3 is 1. The number of hydrogen-bond donors (Lipinski definition) is 0. The molecule has 15 heavy (non-hydrogen) atoms. The van der Waals surface area contributed by atoms with Crippen LogP contribution in [0.1, 0.15) is 16.2 Å². The molecule has 2 heterocycles. The van der Waals surface area contributed by atoms with Gasteiger partial charge in [0.15, 0.2) is 11.4 Å². The van der Waals surface area contributed by atoms with Crippen LogP contribution >= 0.6 is 11.3 Å². The lowest BCUT2D eigenvalue weighted by Crippen LogP contribution is -2.09. The van der Waals surface area contributed by atoms with E-state index in [9.17, 15) is 4.79 Å². The molecule has 5 nitrogen and oxygen atoms in total. The molecule has 2 aromatic heterocycles. The van der Waals surface area contributed by atoms with E-state index in [1.807, 2.05) is 0 Å². The van der Waals surface area contributed by atoms with E-state index in [0.717, 1.165) is 0 Å². The lowest BCUT2D eigenvalue weighted by molar-refractivity contribution is 0.102. The highest BCUT2D eigenvalue weighted by Crippen LogP contribution is 2.20. The molecule has 0 saturated heterocycles. The van der Waals surface area contributed by atoms with E-state index in [2.05, 4.69) is 10.1 Å². The summed E-state index contributed by atoms with van der Waals surface area (Å²) in [5.74, 6) is 0.295. The van der Waals surface area contributed by atoms with Gasteiger partial charge in [0.2, 0.25) is 5.78 Å². The van der Waals surface area contributed by atoms with E-state index < -0.39 is 0 Å². The molecule has 0 aliphatic rings. The third-order valence-electron chi connectivity index (χ3n) is 2.01. The molecule has 2 aromatic rings. The van der Waals surface area contributed by atoms with Crippen LogP contribution in [0.25, 0.3) is 0 Å². The van der Waals surface area contributed by atoms with Gasteiger partial charge in [-0.2, -0.15) is 5.10 Å². The smallest absolute Gasteiger partial charge is 0.233 e. The second-order valence-corrected chi connectivity index (χ2v) is 3.61. The molecule has 0 saturated carbocycles. The summed E-state index contributed by atoms with van der Waals surface area (Å²) >= 11 is 1.38. The van der Waals surface area contributed by atoms with E-state index in [0.29, 0.717) is 17.1 Å². The van der Waals surface area contributed by atoms with E-state index >= 15 is 0 Å². The maximum Gasteiger partial charge on any atom is 0.233 e. The van der Waals surface area contributed by atoms with Gasteiger partial charge in [-0.1, -0.05) is 0 Å². The van der Waals surface area contributed by atoms with Crippen LogP contribution in [0.15, 0.2) is 17.1 Å². The lowest BCUT2D eigenvalue weighted by atomic mass is 10.2. The van der Waals surface area contributed by atoms with Crippen molar-refractivity contribution in [3.63, 3.8) is 0 Å². The van der Waals surface area contributed by atoms with Crippen LogP contribution in [0.4, 0.5) is 0 Å². The van der Waals surface area contributed by atoms with Crippen LogP contribution in [0, 0.1) is 0 Å². The molecule has 0 radical (unpaired) electrons. The van der Waals surface area contributed by atoms with Crippen molar-refractivity contribution in [3.8, 4) is 5.75 Å². The monoisotopic (exact) mass is 223 g/mol. The Hall–Kier alpha value is -1.69. The largest absolute Gasteiger partial charge is 0.493 e. The van der Waals surface area contributed by atoms with Crippen molar-refractivity contribution in [1.29, 1.82) is 0 Å². The second kappa shape index (κ2) is 3.82. The number of hydrogen-bond acceptors (Lipinski definition) is 5. The molecule has 0 amide bonds. The first-order chi connectivity index (χ1) is 7.24. The molecule has 0 bridgehead atoms. The molecule has 0 aliphatic heterocycles. The number of carbonyl (C=O) groups excluding carboxylic acids is 1. The molecule has 2 rings (SSSR count). The Kier molecular flexibility index (Phi) is 2.51. The van der Waals surface area contributed by atoms with Gasteiger partial charge in [-0.15, -0.1) is 11.3 Å². The zero-order chi connectivity index (χ0) is 10.8. The van der Waals surface area contributed by atoms with Crippen molar-refractivity contribution < 1.29 is 9.53 Å². The first kappa shape index (κ1) is 9.85. The molecule has 0 N–H and O–H groups in total. The zero-order valence-corrected chi connectivity index (χ0v) is 9.11. The summed E-state index contributed by atoms with van der Waals surface area (Å²) in [6.45, 7) is 0. The molecular weight excluding hydrogens is 214 g/mol. The van der Waals surface area contributed by atoms with Crippen LogP contribution in [0.3, 0.4) is 0 Å². The van der Waals surface area contributed by atoms with Crippen molar-refractivity contribution in [1.82, 2.24) is 14.8 Å². The minimum absolute atomic E-state index is 0.173. The Balaban J connectivity index is 2.45. The Labute approximate surface area is 90.3 Å². The number of carbonyl (C=O) groups is 1. The third-order valence-corrected chi connectivity index (χ3v) is 2.59. The van der Waals surface area contributed by atoms with E-state index in [1.165, 1.54) is 29.3 Å². The SMILES string of the molecule is COc1cnn(C)c1C(=O)c1cscn1. The molecule has 78 valence electrons. The normalized spacial score (nSPS) is 10.3. The standard InChI is InChI=1S/C9H9N3O2S/c1-12-8(7(14-2)3-11-12)9(13)6-4-15-5-10-6/h3-5H,1-2H3. The molecule has 0 atom stereocenters. The Morgan fingerprint density at radius 1 is 1.60 bits per heavy atom. The summed E-state index contributed by atoms with van der Waals surface area (Å²) in [6, 6.07) is 0. The van der Waals surface area contributed by atoms with Crippen molar-refractivity contribution in [2.45, 2.75) is 0 Å². The highest BCUT2D eigenvalue weighted by atomic mass is 32.1. The second-order valence-electron chi connectivity index (χ2n) is 2.89. The molecule has 0 unspecified atom stereocenters.